The first-order valence-electron chi connectivity index (χ1n) is 7.77. The van der Waals surface area contributed by atoms with Crippen LogP contribution in [-0.4, -0.2) is 53.3 Å². The van der Waals surface area contributed by atoms with Gasteiger partial charge in [-0.3, -0.25) is 9.69 Å². The molecule has 5 heteroatoms. The second-order valence-corrected chi connectivity index (χ2v) is 7.89. The van der Waals surface area contributed by atoms with Crippen molar-refractivity contribution in [1.82, 2.24) is 14.8 Å². The fourth-order valence-corrected chi connectivity index (χ4v) is 3.85. The number of carbonyl (C=O) groups is 1. The van der Waals surface area contributed by atoms with Gasteiger partial charge in [0.05, 0.1) is 17.1 Å². The van der Waals surface area contributed by atoms with E-state index in [1.54, 1.807) is 18.3 Å². The molecule has 0 bridgehead atoms. The lowest BCUT2D eigenvalue weighted by Gasteiger charge is -2.33. The van der Waals surface area contributed by atoms with Gasteiger partial charge in [-0.05, 0) is 6.54 Å². The molecule has 118 valence electrons. The number of hydrogen-bond acceptors (Lipinski definition) is 5. The maximum Gasteiger partial charge on any atom is 0.171 e. The van der Waals surface area contributed by atoms with Gasteiger partial charge in [0.25, 0.3) is 0 Å². The Bertz CT molecular complexity index is 496. The van der Waals surface area contributed by atoms with Crippen molar-refractivity contribution in [3.05, 3.63) is 15.6 Å². The minimum absolute atomic E-state index is 0.0728. The fraction of sp³-hybridized carbons (Fsp3) is 0.750. The van der Waals surface area contributed by atoms with Gasteiger partial charge in [-0.15, -0.1) is 11.3 Å². The van der Waals surface area contributed by atoms with E-state index in [-0.39, 0.29) is 11.2 Å². The van der Waals surface area contributed by atoms with E-state index in [1.807, 2.05) is 0 Å². The van der Waals surface area contributed by atoms with Crippen LogP contribution in [0.2, 0.25) is 0 Å². The second-order valence-electron chi connectivity index (χ2n) is 6.80. The summed E-state index contributed by atoms with van der Waals surface area (Å²) >= 11 is 1.58. The molecule has 0 radical (unpaired) electrons. The SMILES string of the molecule is CCN1CCN(Cc2nc(C(C)(C)C)c(C(C)=O)s2)CC1. The van der Waals surface area contributed by atoms with Crippen molar-refractivity contribution in [3.63, 3.8) is 0 Å². The predicted molar refractivity (Wildman–Crippen MR) is 88.2 cm³/mol. The van der Waals surface area contributed by atoms with Gasteiger partial charge in [0.15, 0.2) is 5.78 Å². The van der Waals surface area contributed by atoms with E-state index in [2.05, 4.69) is 37.5 Å². The first-order valence-corrected chi connectivity index (χ1v) is 8.58. The molecule has 2 heterocycles. The molecule has 0 spiro atoms. The number of likely N-dealkylation sites (N-methyl/N-ethyl adjacent to an activating group) is 1. The molecule has 0 unspecified atom stereocenters. The molecule has 1 aromatic rings. The Balaban J connectivity index is 2.09. The minimum Gasteiger partial charge on any atom is -0.301 e. The minimum atomic E-state index is -0.0728. The summed E-state index contributed by atoms with van der Waals surface area (Å²) in [6.07, 6.45) is 0. The quantitative estimate of drug-likeness (QED) is 0.801. The van der Waals surface area contributed by atoms with Crippen LogP contribution in [0.15, 0.2) is 0 Å². The van der Waals surface area contributed by atoms with Gasteiger partial charge in [0.2, 0.25) is 0 Å². The third-order valence-corrected chi connectivity index (χ3v) is 5.11. The van der Waals surface area contributed by atoms with Crippen molar-refractivity contribution >= 4 is 17.1 Å². The molecule has 0 aromatic carbocycles. The zero-order valence-corrected chi connectivity index (χ0v) is 14.7. The van der Waals surface area contributed by atoms with Gasteiger partial charge in [-0.2, -0.15) is 0 Å². The van der Waals surface area contributed by atoms with E-state index in [9.17, 15) is 4.79 Å². The maximum absolute atomic E-state index is 11.9. The van der Waals surface area contributed by atoms with E-state index in [0.29, 0.717) is 0 Å². The molecule has 1 saturated heterocycles. The van der Waals surface area contributed by atoms with E-state index in [4.69, 9.17) is 4.98 Å². The molecule has 1 aliphatic heterocycles. The molecule has 0 amide bonds. The highest BCUT2D eigenvalue weighted by molar-refractivity contribution is 7.13. The average molecular weight is 309 g/mol. The van der Waals surface area contributed by atoms with Crippen LogP contribution in [0.5, 0.6) is 0 Å². The zero-order chi connectivity index (χ0) is 15.6. The molecule has 0 aliphatic carbocycles. The van der Waals surface area contributed by atoms with Gasteiger partial charge in [-0.1, -0.05) is 27.7 Å². The molecule has 2 rings (SSSR count). The summed E-state index contributed by atoms with van der Waals surface area (Å²) < 4.78 is 0. The summed E-state index contributed by atoms with van der Waals surface area (Å²) in [5.41, 5.74) is 0.888. The number of carbonyl (C=O) groups excluding carboxylic acids is 1. The molecular formula is C16H27N3OS. The van der Waals surface area contributed by atoms with Gasteiger partial charge in [0, 0.05) is 38.5 Å². The van der Waals surface area contributed by atoms with Crippen LogP contribution in [0.25, 0.3) is 0 Å². The van der Waals surface area contributed by atoms with Crippen LogP contribution < -0.4 is 0 Å². The molecule has 4 nitrogen and oxygen atoms in total. The van der Waals surface area contributed by atoms with E-state index < -0.39 is 0 Å². The van der Waals surface area contributed by atoms with Crippen LogP contribution in [-0.2, 0) is 12.0 Å². The number of Topliss-reactive ketones (excluding diaryl/α,β-unsaturated/α-hetero) is 1. The monoisotopic (exact) mass is 309 g/mol. The van der Waals surface area contributed by atoms with Crippen LogP contribution in [0, 0.1) is 0 Å². The van der Waals surface area contributed by atoms with Crippen molar-refractivity contribution < 1.29 is 4.79 Å². The first kappa shape index (κ1) is 16.6. The summed E-state index contributed by atoms with van der Waals surface area (Å²) in [7, 11) is 0. The van der Waals surface area contributed by atoms with Crippen LogP contribution in [0.1, 0.15) is 55.0 Å². The van der Waals surface area contributed by atoms with Gasteiger partial charge < -0.3 is 4.90 Å². The first-order chi connectivity index (χ1) is 9.81. The number of thiazole rings is 1. The van der Waals surface area contributed by atoms with Crippen LogP contribution in [0.3, 0.4) is 0 Å². The standard InChI is InChI=1S/C16H27N3OS/c1-6-18-7-9-19(10-8-18)11-13-17-15(16(3,4)5)14(21-13)12(2)20/h6-11H2,1-5H3. The second kappa shape index (κ2) is 6.55. The van der Waals surface area contributed by atoms with Crippen molar-refractivity contribution in [3.8, 4) is 0 Å². The smallest absolute Gasteiger partial charge is 0.171 e. The molecule has 0 saturated carbocycles. The Morgan fingerprint density at radius 3 is 2.19 bits per heavy atom. The molecule has 1 aliphatic rings. The van der Waals surface area contributed by atoms with Crippen molar-refractivity contribution in [2.45, 2.75) is 46.6 Å². The molecule has 0 atom stereocenters. The summed E-state index contributed by atoms with van der Waals surface area (Å²) in [6.45, 7) is 16.7. The normalized spacial score (nSPS) is 18.1. The fourth-order valence-electron chi connectivity index (χ4n) is 2.63. The molecule has 1 aromatic heterocycles. The lowest BCUT2D eigenvalue weighted by Crippen LogP contribution is -2.45. The Kier molecular flexibility index (Phi) is 5.17. The Morgan fingerprint density at radius 2 is 1.76 bits per heavy atom. The number of aromatic nitrogens is 1. The van der Waals surface area contributed by atoms with Crippen LogP contribution in [0.4, 0.5) is 0 Å². The summed E-state index contributed by atoms with van der Waals surface area (Å²) in [6, 6.07) is 0. The highest BCUT2D eigenvalue weighted by Gasteiger charge is 2.26. The summed E-state index contributed by atoms with van der Waals surface area (Å²) in [5, 5.41) is 1.08. The highest BCUT2D eigenvalue weighted by Crippen LogP contribution is 2.30. The Labute approximate surface area is 132 Å². The third-order valence-electron chi connectivity index (χ3n) is 3.97. The summed E-state index contributed by atoms with van der Waals surface area (Å²) in [5.74, 6) is 0.138. The molecular weight excluding hydrogens is 282 g/mol. The molecule has 21 heavy (non-hydrogen) atoms. The van der Waals surface area contributed by atoms with Crippen LogP contribution >= 0.6 is 11.3 Å². The Hall–Kier alpha value is -0.780. The lowest BCUT2D eigenvalue weighted by molar-refractivity contribution is 0.101. The van der Waals surface area contributed by atoms with E-state index >= 15 is 0 Å². The number of rotatable bonds is 4. The topological polar surface area (TPSA) is 36.4 Å². The largest absolute Gasteiger partial charge is 0.301 e. The van der Waals surface area contributed by atoms with E-state index in [0.717, 1.165) is 54.8 Å². The Morgan fingerprint density at radius 1 is 1.19 bits per heavy atom. The van der Waals surface area contributed by atoms with Gasteiger partial charge in [0.1, 0.15) is 5.01 Å². The number of hydrogen-bond donors (Lipinski definition) is 0. The van der Waals surface area contributed by atoms with E-state index in [1.165, 1.54) is 0 Å². The van der Waals surface area contributed by atoms with Gasteiger partial charge in [-0.25, -0.2) is 4.98 Å². The molecule has 1 fully saturated rings. The van der Waals surface area contributed by atoms with Crippen molar-refractivity contribution in [2.75, 3.05) is 32.7 Å². The molecule has 0 N–H and O–H groups in total. The maximum atomic E-state index is 11.9. The van der Waals surface area contributed by atoms with Crippen molar-refractivity contribution in [1.29, 1.82) is 0 Å². The van der Waals surface area contributed by atoms with Gasteiger partial charge >= 0.3 is 0 Å². The third kappa shape index (κ3) is 4.11. The number of nitrogens with zero attached hydrogens (tertiary/aromatic N) is 3. The predicted octanol–water partition coefficient (Wildman–Crippen LogP) is 2.78. The lowest BCUT2D eigenvalue weighted by atomic mass is 9.91. The number of piperazine rings is 1. The van der Waals surface area contributed by atoms with Crippen molar-refractivity contribution in [2.24, 2.45) is 0 Å². The average Bonchev–Trinajstić information content (AvgIpc) is 2.84. The summed E-state index contributed by atoms with van der Waals surface area (Å²) in [4.78, 5) is 22.4. The zero-order valence-electron chi connectivity index (χ0n) is 13.9. The highest BCUT2D eigenvalue weighted by atomic mass is 32.1. The number of ketones is 1.